The molecule has 0 bridgehead atoms. The number of halogens is 1. The highest BCUT2D eigenvalue weighted by Gasteiger charge is 2.27. The van der Waals surface area contributed by atoms with E-state index < -0.39 is 0 Å². The summed E-state index contributed by atoms with van der Waals surface area (Å²) in [5, 5.41) is 0.962. The molecule has 26 heavy (non-hydrogen) atoms. The number of aryl methyl sites for hydroxylation is 1. The van der Waals surface area contributed by atoms with Crippen LogP contribution in [0.3, 0.4) is 0 Å². The van der Waals surface area contributed by atoms with Gasteiger partial charge in [0.2, 0.25) is 0 Å². The summed E-state index contributed by atoms with van der Waals surface area (Å²) in [5.41, 5.74) is 3.42. The third kappa shape index (κ3) is 2.92. The van der Waals surface area contributed by atoms with Crippen LogP contribution in [0.1, 0.15) is 18.9 Å². The van der Waals surface area contributed by atoms with Crippen molar-refractivity contribution < 1.29 is 9.47 Å². The van der Waals surface area contributed by atoms with Crippen LogP contribution in [0, 0.1) is 0 Å². The molecule has 1 aliphatic rings. The number of anilines is 2. The van der Waals surface area contributed by atoms with E-state index in [0.717, 1.165) is 29.6 Å². The number of aromatic nitrogens is 2. The zero-order valence-electron chi connectivity index (χ0n) is 15.1. The van der Waals surface area contributed by atoms with Crippen molar-refractivity contribution in [1.29, 1.82) is 0 Å². The minimum absolute atomic E-state index is 0. The van der Waals surface area contributed by atoms with Gasteiger partial charge in [0.1, 0.15) is 12.1 Å². The van der Waals surface area contributed by atoms with Gasteiger partial charge in [0, 0.05) is 23.2 Å². The number of nitrogens with zero attached hydrogens (tertiary/aromatic N) is 3. The minimum Gasteiger partial charge on any atom is -0.493 e. The van der Waals surface area contributed by atoms with Gasteiger partial charge in [-0.25, -0.2) is 9.97 Å². The van der Waals surface area contributed by atoms with Crippen LogP contribution in [0.15, 0.2) is 42.7 Å². The van der Waals surface area contributed by atoms with Gasteiger partial charge in [0.25, 0.3) is 0 Å². The molecule has 0 N–H and O–H groups in total. The second-order valence-electron chi connectivity index (χ2n) is 6.31. The molecule has 1 aliphatic heterocycles. The van der Waals surface area contributed by atoms with Crippen molar-refractivity contribution in [3.8, 4) is 11.5 Å². The maximum atomic E-state index is 5.48. The third-order valence-corrected chi connectivity index (χ3v) is 4.87. The molecule has 136 valence electrons. The minimum atomic E-state index is 0. The van der Waals surface area contributed by atoms with Crippen LogP contribution in [-0.2, 0) is 6.42 Å². The largest absolute Gasteiger partial charge is 0.493 e. The van der Waals surface area contributed by atoms with E-state index in [9.17, 15) is 0 Å². The van der Waals surface area contributed by atoms with Gasteiger partial charge >= 0.3 is 0 Å². The van der Waals surface area contributed by atoms with E-state index in [2.05, 4.69) is 46.1 Å². The number of rotatable bonds is 3. The van der Waals surface area contributed by atoms with E-state index >= 15 is 0 Å². The van der Waals surface area contributed by atoms with Gasteiger partial charge in [-0.1, -0.05) is 18.2 Å². The van der Waals surface area contributed by atoms with Crippen LogP contribution in [0.2, 0.25) is 0 Å². The number of para-hydroxylation sites is 1. The van der Waals surface area contributed by atoms with Gasteiger partial charge in [0.15, 0.2) is 11.5 Å². The van der Waals surface area contributed by atoms with Crippen molar-refractivity contribution in [2.75, 3.05) is 19.1 Å². The van der Waals surface area contributed by atoms with Crippen LogP contribution in [-0.4, -0.2) is 30.2 Å². The Hall–Kier alpha value is -2.53. The summed E-state index contributed by atoms with van der Waals surface area (Å²) in [7, 11) is 3.28. The molecule has 2 aromatic carbocycles. The summed E-state index contributed by atoms with van der Waals surface area (Å²) in [5.74, 6) is 2.27. The van der Waals surface area contributed by atoms with Gasteiger partial charge in [-0.2, -0.15) is 0 Å². The first kappa shape index (κ1) is 18.3. The molecule has 6 heteroatoms. The fraction of sp³-hybridized carbons (Fsp3) is 0.300. The maximum absolute atomic E-state index is 5.48. The molecule has 0 radical (unpaired) electrons. The molecular formula is C20H22ClN3O2. The standard InChI is InChI=1S/C20H21N3O2.ClH/c1-13-8-9-14-6-4-5-7-17(14)23(13)20-15-10-18(24-2)19(25-3)11-16(15)21-12-22-20;/h4-7,10-13H,8-9H2,1-3H3;1H. The lowest BCUT2D eigenvalue weighted by Gasteiger charge is -2.36. The lowest BCUT2D eigenvalue weighted by atomic mass is 9.96. The van der Waals surface area contributed by atoms with Gasteiger partial charge < -0.3 is 14.4 Å². The van der Waals surface area contributed by atoms with Gasteiger partial charge in [0.05, 0.1) is 19.7 Å². The Morgan fingerprint density at radius 3 is 2.54 bits per heavy atom. The highest BCUT2D eigenvalue weighted by atomic mass is 35.5. The van der Waals surface area contributed by atoms with Crippen molar-refractivity contribution in [3.63, 3.8) is 0 Å². The molecular weight excluding hydrogens is 350 g/mol. The Balaban J connectivity index is 0.00000196. The van der Waals surface area contributed by atoms with E-state index in [1.165, 1.54) is 11.3 Å². The first-order valence-corrected chi connectivity index (χ1v) is 8.46. The predicted octanol–water partition coefficient (Wildman–Crippen LogP) is 4.54. The number of benzene rings is 2. The average molecular weight is 372 g/mol. The summed E-state index contributed by atoms with van der Waals surface area (Å²) in [6.07, 6.45) is 3.80. The van der Waals surface area contributed by atoms with Crippen LogP contribution in [0.4, 0.5) is 11.5 Å². The second-order valence-corrected chi connectivity index (χ2v) is 6.31. The Bertz CT molecular complexity index is 932. The van der Waals surface area contributed by atoms with Crippen LogP contribution < -0.4 is 14.4 Å². The number of methoxy groups -OCH3 is 2. The van der Waals surface area contributed by atoms with Crippen molar-refractivity contribution in [2.24, 2.45) is 0 Å². The lowest BCUT2D eigenvalue weighted by Crippen LogP contribution is -2.34. The number of fused-ring (bicyclic) bond motifs is 2. The van der Waals surface area contributed by atoms with Crippen molar-refractivity contribution >= 4 is 34.8 Å². The second kappa shape index (κ2) is 7.38. The van der Waals surface area contributed by atoms with E-state index in [4.69, 9.17) is 9.47 Å². The normalized spacial score (nSPS) is 16.0. The number of hydrogen-bond donors (Lipinski definition) is 0. The van der Waals surface area contributed by atoms with Gasteiger partial charge in [-0.05, 0) is 37.5 Å². The molecule has 0 spiro atoms. The van der Waals surface area contributed by atoms with Crippen molar-refractivity contribution in [1.82, 2.24) is 9.97 Å². The first-order chi connectivity index (χ1) is 12.2. The summed E-state index contributed by atoms with van der Waals surface area (Å²) in [6.45, 7) is 2.24. The molecule has 0 fully saturated rings. The summed E-state index contributed by atoms with van der Waals surface area (Å²) in [6, 6.07) is 12.8. The average Bonchev–Trinajstić information content (AvgIpc) is 2.66. The van der Waals surface area contributed by atoms with Gasteiger partial charge in [-0.3, -0.25) is 0 Å². The number of hydrogen-bond acceptors (Lipinski definition) is 5. The fourth-order valence-electron chi connectivity index (χ4n) is 3.57. The highest BCUT2D eigenvalue weighted by molar-refractivity contribution is 5.94. The maximum Gasteiger partial charge on any atom is 0.162 e. The molecule has 1 atom stereocenters. The lowest BCUT2D eigenvalue weighted by molar-refractivity contribution is 0.356. The highest BCUT2D eigenvalue weighted by Crippen LogP contribution is 2.40. The predicted molar refractivity (Wildman–Crippen MR) is 106 cm³/mol. The molecule has 3 aromatic rings. The van der Waals surface area contributed by atoms with Crippen molar-refractivity contribution in [3.05, 3.63) is 48.3 Å². The Morgan fingerprint density at radius 2 is 1.77 bits per heavy atom. The zero-order chi connectivity index (χ0) is 17.4. The molecule has 0 saturated heterocycles. The smallest absolute Gasteiger partial charge is 0.162 e. The fourth-order valence-corrected chi connectivity index (χ4v) is 3.57. The van der Waals surface area contributed by atoms with E-state index in [1.807, 2.05) is 12.1 Å². The molecule has 4 rings (SSSR count). The van der Waals surface area contributed by atoms with E-state index in [-0.39, 0.29) is 12.4 Å². The molecule has 1 aromatic heterocycles. The van der Waals surface area contributed by atoms with Crippen LogP contribution >= 0.6 is 12.4 Å². The monoisotopic (exact) mass is 371 g/mol. The summed E-state index contributed by atoms with van der Waals surface area (Å²) in [4.78, 5) is 11.4. The Morgan fingerprint density at radius 1 is 1.04 bits per heavy atom. The third-order valence-electron chi connectivity index (χ3n) is 4.87. The topological polar surface area (TPSA) is 47.5 Å². The summed E-state index contributed by atoms with van der Waals surface area (Å²) < 4.78 is 10.9. The molecule has 5 nitrogen and oxygen atoms in total. The summed E-state index contributed by atoms with van der Waals surface area (Å²) >= 11 is 0. The van der Waals surface area contributed by atoms with E-state index in [0.29, 0.717) is 17.5 Å². The molecule has 0 aliphatic carbocycles. The first-order valence-electron chi connectivity index (χ1n) is 8.46. The Kier molecular flexibility index (Phi) is 5.18. The zero-order valence-corrected chi connectivity index (χ0v) is 15.9. The molecule has 0 amide bonds. The van der Waals surface area contributed by atoms with Crippen LogP contribution in [0.25, 0.3) is 10.9 Å². The molecule has 1 unspecified atom stereocenters. The number of ether oxygens (including phenoxy) is 2. The quantitative estimate of drug-likeness (QED) is 0.676. The van der Waals surface area contributed by atoms with E-state index in [1.54, 1.807) is 20.5 Å². The molecule has 0 saturated carbocycles. The van der Waals surface area contributed by atoms with Crippen molar-refractivity contribution in [2.45, 2.75) is 25.8 Å². The van der Waals surface area contributed by atoms with Gasteiger partial charge in [-0.15, -0.1) is 12.4 Å². The SMILES string of the molecule is COc1cc2ncnc(N3c4ccccc4CCC3C)c2cc1OC.Cl. The molecule has 2 heterocycles. The van der Waals surface area contributed by atoms with Crippen LogP contribution in [0.5, 0.6) is 11.5 Å². The Labute approximate surface area is 159 Å².